The van der Waals surface area contributed by atoms with Crippen molar-refractivity contribution in [3.05, 3.63) is 35.6 Å². The van der Waals surface area contributed by atoms with Gasteiger partial charge in [-0.3, -0.25) is 0 Å². The van der Waals surface area contributed by atoms with Crippen LogP contribution in [0.5, 0.6) is 0 Å². The lowest BCUT2D eigenvalue weighted by atomic mass is 10.0. The molecule has 0 aromatic heterocycles. The number of rotatable bonds is 2. The van der Waals surface area contributed by atoms with Crippen molar-refractivity contribution in [3.8, 4) is 0 Å². The molecule has 0 amide bonds. The first-order valence-electron chi connectivity index (χ1n) is 3.76. The lowest BCUT2D eigenvalue weighted by Gasteiger charge is -2.10. The molecule has 1 heteroatoms. The van der Waals surface area contributed by atoms with Crippen LogP contribution in [0.15, 0.2) is 35.6 Å². The van der Waals surface area contributed by atoms with Crippen LogP contribution in [0.1, 0.15) is 13.8 Å². The van der Waals surface area contributed by atoms with Crippen molar-refractivity contribution in [1.82, 2.24) is 0 Å². The third-order valence-electron chi connectivity index (χ3n) is 2.23. The summed E-state index contributed by atoms with van der Waals surface area (Å²) in [6.07, 6.45) is 3.99. The summed E-state index contributed by atoms with van der Waals surface area (Å²) in [5, 5.41) is 0. The SMILES string of the molecule is C=C[C@@H]1C(OC)=CC(C)=C1C. The van der Waals surface area contributed by atoms with E-state index in [1.165, 1.54) is 11.1 Å². The van der Waals surface area contributed by atoms with Gasteiger partial charge in [0, 0.05) is 0 Å². The van der Waals surface area contributed by atoms with E-state index in [2.05, 4.69) is 26.5 Å². The Bertz CT molecular complexity index is 233. The monoisotopic (exact) mass is 150 g/mol. The van der Waals surface area contributed by atoms with Gasteiger partial charge in [-0.05, 0) is 25.5 Å². The minimum absolute atomic E-state index is 0.306. The van der Waals surface area contributed by atoms with Crippen molar-refractivity contribution in [2.75, 3.05) is 7.11 Å². The summed E-state index contributed by atoms with van der Waals surface area (Å²) in [6, 6.07) is 0. The molecule has 0 aromatic carbocycles. The zero-order chi connectivity index (χ0) is 8.43. The second-order valence-electron chi connectivity index (χ2n) is 2.83. The maximum Gasteiger partial charge on any atom is 0.107 e. The quantitative estimate of drug-likeness (QED) is 0.550. The van der Waals surface area contributed by atoms with Gasteiger partial charge >= 0.3 is 0 Å². The highest BCUT2D eigenvalue weighted by Crippen LogP contribution is 2.31. The minimum atomic E-state index is 0.306. The van der Waals surface area contributed by atoms with E-state index in [9.17, 15) is 0 Å². The zero-order valence-electron chi connectivity index (χ0n) is 7.35. The van der Waals surface area contributed by atoms with Gasteiger partial charge in [0.25, 0.3) is 0 Å². The Labute approximate surface area is 68.1 Å². The van der Waals surface area contributed by atoms with Crippen LogP contribution in [0.4, 0.5) is 0 Å². The highest BCUT2D eigenvalue weighted by Gasteiger charge is 2.20. The second kappa shape index (κ2) is 2.95. The van der Waals surface area contributed by atoms with Gasteiger partial charge in [-0.15, -0.1) is 6.58 Å². The molecule has 0 bridgehead atoms. The molecule has 0 radical (unpaired) electrons. The topological polar surface area (TPSA) is 9.23 Å². The third kappa shape index (κ3) is 1.23. The van der Waals surface area contributed by atoms with Gasteiger partial charge in [0.05, 0.1) is 13.0 Å². The Morgan fingerprint density at radius 3 is 2.55 bits per heavy atom. The van der Waals surface area contributed by atoms with Gasteiger partial charge in [0.1, 0.15) is 5.76 Å². The third-order valence-corrected chi connectivity index (χ3v) is 2.23. The molecule has 0 N–H and O–H groups in total. The summed E-state index contributed by atoms with van der Waals surface area (Å²) in [5.74, 6) is 1.31. The Hall–Kier alpha value is -0.980. The van der Waals surface area contributed by atoms with Crippen LogP contribution in [0.3, 0.4) is 0 Å². The highest BCUT2D eigenvalue weighted by atomic mass is 16.5. The van der Waals surface area contributed by atoms with Crippen molar-refractivity contribution >= 4 is 0 Å². The van der Waals surface area contributed by atoms with Gasteiger partial charge in [0.15, 0.2) is 0 Å². The molecule has 0 heterocycles. The Morgan fingerprint density at radius 1 is 1.55 bits per heavy atom. The molecule has 0 unspecified atom stereocenters. The van der Waals surface area contributed by atoms with Crippen molar-refractivity contribution in [2.24, 2.45) is 5.92 Å². The molecule has 0 saturated carbocycles. The molecule has 0 aromatic rings. The summed E-state index contributed by atoms with van der Waals surface area (Å²) < 4.78 is 5.20. The van der Waals surface area contributed by atoms with Crippen LogP contribution in [-0.2, 0) is 4.74 Å². The molecular formula is C10H14O. The first-order valence-corrected chi connectivity index (χ1v) is 3.76. The summed E-state index contributed by atoms with van der Waals surface area (Å²) in [4.78, 5) is 0. The zero-order valence-corrected chi connectivity index (χ0v) is 7.35. The lowest BCUT2D eigenvalue weighted by Crippen LogP contribution is -1.99. The molecule has 11 heavy (non-hydrogen) atoms. The van der Waals surface area contributed by atoms with Crippen molar-refractivity contribution < 1.29 is 4.74 Å². The van der Waals surface area contributed by atoms with Crippen LogP contribution >= 0.6 is 0 Å². The summed E-state index contributed by atoms with van der Waals surface area (Å²) >= 11 is 0. The number of methoxy groups -OCH3 is 1. The first-order chi connectivity index (χ1) is 5.20. The predicted molar refractivity (Wildman–Crippen MR) is 47.2 cm³/mol. The van der Waals surface area contributed by atoms with Crippen LogP contribution in [-0.4, -0.2) is 7.11 Å². The molecule has 0 spiro atoms. The van der Waals surface area contributed by atoms with E-state index in [0.717, 1.165) is 5.76 Å². The smallest absolute Gasteiger partial charge is 0.107 e. The lowest BCUT2D eigenvalue weighted by molar-refractivity contribution is 0.269. The van der Waals surface area contributed by atoms with E-state index in [1.807, 2.05) is 6.08 Å². The van der Waals surface area contributed by atoms with Crippen molar-refractivity contribution in [2.45, 2.75) is 13.8 Å². The van der Waals surface area contributed by atoms with Crippen LogP contribution in [0.2, 0.25) is 0 Å². The molecule has 0 saturated heterocycles. The molecular weight excluding hydrogens is 136 g/mol. The Morgan fingerprint density at radius 2 is 2.18 bits per heavy atom. The molecule has 60 valence electrons. The summed E-state index contributed by atoms with van der Waals surface area (Å²) in [6.45, 7) is 7.98. The minimum Gasteiger partial charge on any atom is -0.500 e. The maximum atomic E-state index is 5.20. The largest absolute Gasteiger partial charge is 0.500 e. The van der Waals surface area contributed by atoms with E-state index in [0.29, 0.717) is 5.92 Å². The number of hydrogen-bond acceptors (Lipinski definition) is 1. The van der Waals surface area contributed by atoms with E-state index in [1.54, 1.807) is 7.11 Å². The standard InChI is InChI=1S/C10H14O/c1-5-9-8(3)7(2)6-10(9)11-4/h5-6,9H,1H2,2-4H3/t9-/m0/s1. The number of allylic oxidation sites excluding steroid dienone is 3. The van der Waals surface area contributed by atoms with Gasteiger partial charge in [-0.1, -0.05) is 11.6 Å². The van der Waals surface area contributed by atoms with Gasteiger partial charge < -0.3 is 4.74 Å². The molecule has 1 aliphatic carbocycles. The summed E-state index contributed by atoms with van der Waals surface area (Å²) in [7, 11) is 1.70. The van der Waals surface area contributed by atoms with E-state index in [4.69, 9.17) is 4.74 Å². The fraction of sp³-hybridized carbons (Fsp3) is 0.400. The molecule has 1 nitrogen and oxygen atoms in total. The average Bonchev–Trinajstić information content (AvgIpc) is 2.28. The summed E-state index contributed by atoms with van der Waals surface area (Å²) in [5.41, 5.74) is 2.64. The molecule has 1 atom stereocenters. The first kappa shape index (κ1) is 8.12. The highest BCUT2D eigenvalue weighted by molar-refractivity contribution is 5.40. The van der Waals surface area contributed by atoms with Crippen LogP contribution < -0.4 is 0 Å². The molecule has 1 rings (SSSR count). The Kier molecular flexibility index (Phi) is 2.18. The second-order valence-corrected chi connectivity index (χ2v) is 2.83. The van der Waals surface area contributed by atoms with E-state index in [-0.39, 0.29) is 0 Å². The number of hydrogen-bond donors (Lipinski definition) is 0. The van der Waals surface area contributed by atoms with E-state index >= 15 is 0 Å². The molecule has 0 aliphatic heterocycles. The molecule has 0 fully saturated rings. The maximum absolute atomic E-state index is 5.20. The average molecular weight is 150 g/mol. The fourth-order valence-corrected chi connectivity index (χ4v) is 1.35. The Balaban J connectivity index is 2.93. The fourth-order valence-electron chi connectivity index (χ4n) is 1.35. The van der Waals surface area contributed by atoms with Crippen molar-refractivity contribution in [3.63, 3.8) is 0 Å². The van der Waals surface area contributed by atoms with Gasteiger partial charge in [0.2, 0.25) is 0 Å². The number of ether oxygens (including phenoxy) is 1. The van der Waals surface area contributed by atoms with Crippen molar-refractivity contribution in [1.29, 1.82) is 0 Å². The van der Waals surface area contributed by atoms with Crippen LogP contribution in [0.25, 0.3) is 0 Å². The predicted octanol–water partition coefficient (Wildman–Crippen LogP) is 2.67. The van der Waals surface area contributed by atoms with E-state index < -0.39 is 0 Å². The van der Waals surface area contributed by atoms with Gasteiger partial charge in [-0.25, -0.2) is 0 Å². The van der Waals surface area contributed by atoms with Crippen LogP contribution in [0, 0.1) is 5.92 Å². The van der Waals surface area contributed by atoms with Gasteiger partial charge in [-0.2, -0.15) is 0 Å². The normalized spacial score (nSPS) is 23.5. The molecule has 1 aliphatic rings.